The standard InChI is InChI=1S/C10H12N4O5S/c1-6-8(10(15)16)9(13-12-6)20(17,18)14-2-3-19-7(4-11)5-14/h7H,2-3,5H2,1H3,(H,12,13)(H,15,16). The minimum Gasteiger partial charge on any atom is -0.478 e. The third-order valence-corrected chi connectivity index (χ3v) is 4.68. The Morgan fingerprint density at radius 3 is 2.95 bits per heavy atom. The molecule has 108 valence electrons. The van der Waals surface area contributed by atoms with Crippen LogP contribution in [0.4, 0.5) is 0 Å². The number of nitrogens with zero attached hydrogens (tertiary/aromatic N) is 3. The molecule has 2 heterocycles. The highest BCUT2D eigenvalue weighted by molar-refractivity contribution is 7.89. The summed E-state index contributed by atoms with van der Waals surface area (Å²) in [5, 5.41) is 23.2. The maximum Gasteiger partial charge on any atom is 0.340 e. The fourth-order valence-corrected chi connectivity index (χ4v) is 3.44. The molecule has 0 spiro atoms. The smallest absolute Gasteiger partial charge is 0.340 e. The van der Waals surface area contributed by atoms with Crippen molar-refractivity contribution >= 4 is 16.0 Å². The first-order chi connectivity index (χ1) is 9.37. The number of carboxylic acids is 1. The lowest BCUT2D eigenvalue weighted by molar-refractivity contribution is 0.0310. The quantitative estimate of drug-likeness (QED) is 0.755. The van der Waals surface area contributed by atoms with Gasteiger partial charge in [-0.15, -0.1) is 0 Å². The number of rotatable bonds is 3. The first-order valence-corrected chi connectivity index (χ1v) is 7.11. The second-order valence-corrected chi connectivity index (χ2v) is 6.04. The third-order valence-electron chi connectivity index (χ3n) is 2.89. The molecule has 0 amide bonds. The van der Waals surface area contributed by atoms with Crippen molar-refractivity contribution < 1.29 is 23.1 Å². The SMILES string of the molecule is Cc1[nH]nc(S(=O)(=O)N2CCOC(C#N)C2)c1C(=O)O. The van der Waals surface area contributed by atoms with Crippen LogP contribution >= 0.6 is 0 Å². The van der Waals surface area contributed by atoms with Crippen LogP contribution in [0.15, 0.2) is 5.03 Å². The molecule has 0 bridgehead atoms. The number of H-pyrrole nitrogens is 1. The van der Waals surface area contributed by atoms with E-state index in [1.54, 1.807) is 0 Å². The molecule has 1 saturated heterocycles. The second-order valence-electron chi connectivity index (χ2n) is 4.19. The van der Waals surface area contributed by atoms with Gasteiger partial charge in [0.15, 0.2) is 6.10 Å². The normalized spacial score (nSPS) is 20.5. The molecular formula is C10H12N4O5S. The number of ether oxygens (including phenoxy) is 1. The lowest BCUT2D eigenvalue weighted by Gasteiger charge is -2.28. The summed E-state index contributed by atoms with van der Waals surface area (Å²) in [5.74, 6) is -1.38. The Hall–Kier alpha value is -1.96. The topological polar surface area (TPSA) is 136 Å². The zero-order valence-corrected chi connectivity index (χ0v) is 11.3. The fraction of sp³-hybridized carbons (Fsp3) is 0.500. The number of morpholine rings is 1. The number of carbonyl (C=O) groups is 1. The van der Waals surface area contributed by atoms with Crippen LogP contribution in [-0.2, 0) is 14.8 Å². The van der Waals surface area contributed by atoms with E-state index in [-0.39, 0.29) is 31.0 Å². The van der Waals surface area contributed by atoms with Gasteiger partial charge in [0.1, 0.15) is 5.56 Å². The predicted octanol–water partition coefficient (Wildman–Crippen LogP) is -0.671. The van der Waals surface area contributed by atoms with Crippen LogP contribution in [0.5, 0.6) is 0 Å². The van der Waals surface area contributed by atoms with Crippen molar-refractivity contribution in [3.8, 4) is 6.07 Å². The summed E-state index contributed by atoms with van der Waals surface area (Å²) in [6.45, 7) is 1.39. The first kappa shape index (κ1) is 14.4. The lowest BCUT2D eigenvalue weighted by atomic mass is 10.3. The van der Waals surface area contributed by atoms with Gasteiger partial charge in [-0.25, -0.2) is 13.2 Å². The zero-order valence-electron chi connectivity index (χ0n) is 10.5. The molecule has 1 fully saturated rings. The Morgan fingerprint density at radius 1 is 1.65 bits per heavy atom. The Morgan fingerprint density at radius 2 is 2.35 bits per heavy atom. The number of carboxylic acid groups (broad SMARTS) is 1. The van der Waals surface area contributed by atoms with E-state index >= 15 is 0 Å². The van der Waals surface area contributed by atoms with Gasteiger partial charge in [0.05, 0.1) is 19.2 Å². The number of aryl methyl sites for hydroxylation is 1. The van der Waals surface area contributed by atoms with Gasteiger partial charge in [0.25, 0.3) is 10.0 Å². The van der Waals surface area contributed by atoms with Crippen LogP contribution in [0, 0.1) is 18.3 Å². The lowest BCUT2D eigenvalue weighted by Crippen LogP contribution is -2.45. The first-order valence-electron chi connectivity index (χ1n) is 5.67. The average molecular weight is 300 g/mol. The van der Waals surface area contributed by atoms with Gasteiger partial charge in [-0.2, -0.15) is 14.7 Å². The molecule has 1 aromatic rings. The van der Waals surface area contributed by atoms with E-state index in [1.165, 1.54) is 6.92 Å². The van der Waals surface area contributed by atoms with Gasteiger partial charge in [-0.1, -0.05) is 0 Å². The molecule has 1 aliphatic rings. The van der Waals surface area contributed by atoms with Gasteiger partial charge >= 0.3 is 5.97 Å². The van der Waals surface area contributed by atoms with Crippen LogP contribution < -0.4 is 0 Å². The number of hydrogen-bond donors (Lipinski definition) is 2. The van der Waals surface area contributed by atoms with E-state index in [0.29, 0.717) is 0 Å². The third kappa shape index (κ3) is 2.38. The highest BCUT2D eigenvalue weighted by Gasteiger charge is 2.36. The van der Waals surface area contributed by atoms with Crippen molar-refractivity contribution in [3.05, 3.63) is 11.3 Å². The molecule has 2 rings (SSSR count). The van der Waals surface area contributed by atoms with Crippen molar-refractivity contribution in [2.24, 2.45) is 0 Å². The molecule has 10 heteroatoms. The summed E-state index contributed by atoms with van der Waals surface area (Å²) in [4.78, 5) is 11.1. The Labute approximate surface area is 114 Å². The van der Waals surface area contributed by atoms with Crippen LogP contribution in [0.2, 0.25) is 0 Å². The number of sulfonamides is 1. The second kappa shape index (κ2) is 5.20. The largest absolute Gasteiger partial charge is 0.478 e. The zero-order chi connectivity index (χ0) is 14.9. The van der Waals surface area contributed by atoms with Gasteiger partial charge in [-0.05, 0) is 6.92 Å². The highest BCUT2D eigenvalue weighted by atomic mass is 32.2. The van der Waals surface area contributed by atoms with E-state index in [9.17, 15) is 13.2 Å². The van der Waals surface area contributed by atoms with Crippen molar-refractivity contribution in [3.63, 3.8) is 0 Å². The maximum atomic E-state index is 12.4. The number of aromatic carboxylic acids is 1. The van der Waals surface area contributed by atoms with Crippen molar-refractivity contribution in [2.45, 2.75) is 18.1 Å². The summed E-state index contributed by atoms with van der Waals surface area (Å²) in [6.07, 6.45) is -0.869. The van der Waals surface area contributed by atoms with Crippen molar-refractivity contribution in [1.82, 2.24) is 14.5 Å². The highest BCUT2D eigenvalue weighted by Crippen LogP contribution is 2.22. The number of aromatic amines is 1. The molecule has 0 radical (unpaired) electrons. The number of hydrogen-bond acceptors (Lipinski definition) is 6. The summed E-state index contributed by atoms with van der Waals surface area (Å²) in [5.41, 5.74) is -0.230. The molecule has 1 aromatic heterocycles. The monoisotopic (exact) mass is 300 g/mol. The van der Waals surface area contributed by atoms with Crippen LogP contribution in [0.1, 0.15) is 16.1 Å². The maximum absolute atomic E-state index is 12.4. The summed E-state index contributed by atoms with van der Waals surface area (Å²) in [6, 6.07) is 1.83. The van der Waals surface area contributed by atoms with Gasteiger partial charge in [-0.3, -0.25) is 5.10 Å². The summed E-state index contributed by atoms with van der Waals surface area (Å²) >= 11 is 0. The van der Waals surface area contributed by atoms with E-state index in [0.717, 1.165) is 4.31 Å². The van der Waals surface area contributed by atoms with Crippen LogP contribution in [-0.4, -0.2) is 59.8 Å². The van der Waals surface area contributed by atoms with Crippen LogP contribution in [0.3, 0.4) is 0 Å². The minimum absolute atomic E-state index is 0.0471. The van der Waals surface area contributed by atoms with Gasteiger partial charge < -0.3 is 9.84 Å². The number of nitriles is 1. The molecule has 1 atom stereocenters. The summed E-state index contributed by atoms with van der Waals surface area (Å²) in [7, 11) is -4.08. The molecule has 0 aliphatic carbocycles. The molecule has 20 heavy (non-hydrogen) atoms. The Bertz CT molecular complexity index is 674. The molecular weight excluding hydrogens is 288 g/mol. The average Bonchev–Trinajstić information content (AvgIpc) is 2.81. The van der Waals surface area contributed by atoms with E-state index in [1.807, 2.05) is 6.07 Å². The molecule has 1 unspecified atom stereocenters. The van der Waals surface area contributed by atoms with Crippen LogP contribution in [0.25, 0.3) is 0 Å². The molecule has 2 N–H and O–H groups in total. The van der Waals surface area contributed by atoms with Gasteiger partial charge in [0, 0.05) is 12.2 Å². The van der Waals surface area contributed by atoms with E-state index < -0.39 is 27.1 Å². The molecule has 0 saturated carbocycles. The molecule has 9 nitrogen and oxygen atoms in total. The minimum atomic E-state index is -4.08. The number of nitrogens with one attached hydrogen (secondary N) is 1. The predicted molar refractivity (Wildman–Crippen MR) is 64.4 cm³/mol. The Balaban J connectivity index is 2.41. The van der Waals surface area contributed by atoms with Gasteiger partial charge in [0.2, 0.25) is 5.03 Å². The number of aromatic nitrogens is 2. The van der Waals surface area contributed by atoms with E-state index in [4.69, 9.17) is 15.1 Å². The fourth-order valence-electron chi connectivity index (χ4n) is 1.89. The summed E-state index contributed by atoms with van der Waals surface area (Å²) < 4.78 is 30.9. The molecule has 0 aromatic carbocycles. The van der Waals surface area contributed by atoms with Crippen molar-refractivity contribution in [1.29, 1.82) is 5.26 Å². The Kier molecular flexibility index (Phi) is 3.76. The molecule has 1 aliphatic heterocycles. The van der Waals surface area contributed by atoms with Crippen molar-refractivity contribution in [2.75, 3.05) is 19.7 Å². The van der Waals surface area contributed by atoms with E-state index in [2.05, 4.69) is 10.2 Å².